The SMILES string of the molecule is CNC(=O)c1ccc2c(c1)C1(CCCC1)CN2C(=O)c1ccco1. The zero-order chi connectivity index (χ0) is 16.7. The summed E-state index contributed by atoms with van der Waals surface area (Å²) in [6.07, 6.45) is 5.95. The first-order valence-corrected chi connectivity index (χ1v) is 8.37. The lowest BCUT2D eigenvalue weighted by atomic mass is 9.80. The molecule has 1 spiro atoms. The molecule has 0 radical (unpaired) electrons. The van der Waals surface area contributed by atoms with Crippen molar-refractivity contribution in [3.8, 4) is 0 Å². The van der Waals surface area contributed by atoms with E-state index < -0.39 is 0 Å². The van der Waals surface area contributed by atoms with Gasteiger partial charge in [0.1, 0.15) is 0 Å². The fourth-order valence-corrected chi connectivity index (χ4v) is 4.15. The molecule has 0 saturated heterocycles. The highest BCUT2D eigenvalue weighted by atomic mass is 16.3. The number of fused-ring (bicyclic) bond motifs is 2. The number of nitrogens with zero attached hydrogens (tertiary/aromatic N) is 1. The summed E-state index contributed by atoms with van der Waals surface area (Å²) in [4.78, 5) is 26.7. The Kier molecular flexibility index (Phi) is 3.44. The summed E-state index contributed by atoms with van der Waals surface area (Å²) in [7, 11) is 1.63. The summed E-state index contributed by atoms with van der Waals surface area (Å²) in [6, 6.07) is 9.07. The summed E-state index contributed by atoms with van der Waals surface area (Å²) in [5, 5.41) is 2.67. The van der Waals surface area contributed by atoms with Crippen LogP contribution in [0.25, 0.3) is 0 Å². The smallest absolute Gasteiger partial charge is 0.293 e. The molecule has 1 aliphatic heterocycles. The average Bonchev–Trinajstić information content (AvgIpc) is 3.35. The van der Waals surface area contributed by atoms with E-state index in [1.807, 2.05) is 17.0 Å². The molecule has 124 valence electrons. The molecule has 2 aromatic rings. The van der Waals surface area contributed by atoms with Crippen LogP contribution in [0.1, 0.15) is 52.2 Å². The monoisotopic (exact) mass is 324 g/mol. The van der Waals surface area contributed by atoms with Crippen LogP contribution in [-0.4, -0.2) is 25.4 Å². The Hall–Kier alpha value is -2.56. The number of hydrogen-bond donors (Lipinski definition) is 1. The van der Waals surface area contributed by atoms with Gasteiger partial charge < -0.3 is 14.6 Å². The van der Waals surface area contributed by atoms with Crippen molar-refractivity contribution < 1.29 is 14.0 Å². The maximum atomic E-state index is 12.8. The van der Waals surface area contributed by atoms with E-state index in [0.717, 1.165) is 36.9 Å². The lowest BCUT2D eigenvalue weighted by Gasteiger charge is -2.24. The largest absolute Gasteiger partial charge is 0.459 e. The number of rotatable bonds is 2. The standard InChI is InChI=1S/C19H20N2O3/c1-20-17(22)13-6-7-15-14(11-13)19(8-2-3-9-19)12-21(15)18(23)16-5-4-10-24-16/h4-7,10-11H,2-3,8-9,12H2,1H3,(H,20,22). The van der Waals surface area contributed by atoms with Gasteiger partial charge in [-0.05, 0) is 48.7 Å². The quantitative estimate of drug-likeness (QED) is 0.923. The van der Waals surface area contributed by atoms with Crippen molar-refractivity contribution in [1.82, 2.24) is 5.32 Å². The number of carbonyl (C=O) groups is 2. The minimum Gasteiger partial charge on any atom is -0.459 e. The molecule has 1 aromatic heterocycles. The van der Waals surface area contributed by atoms with Crippen LogP contribution in [0, 0.1) is 0 Å². The number of benzene rings is 1. The first-order chi connectivity index (χ1) is 11.6. The molecule has 0 unspecified atom stereocenters. The minimum absolute atomic E-state index is 0.0262. The van der Waals surface area contributed by atoms with E-state index in [1.165, 1.54) is 6.26 Å². The van der Waals surface area contributed by atoms with Crippen LogP contribution in [0.15, 0.2) is 41.0 Å². The molecule has 2 aliphatic rings. The molecule has 5 nitrogen and oxygen atoms in total. The Morgan fingerprint density at radius 2 is 2.00 bits per heavy atom. The van der Waals surface area contributed by atoms with Crippen LogP contribution in [-0.2, 0) is 5.41 Å². The molecule has 1 aliphatic carbocycles. The Labute approximate surface area is 140 Å². The van der Waals surface area contributed by atoms with Gasteiger partial charge >= 0.3 is 0 Å². The van der Waals surface area contributed by atoms with E-state index in [0.29, 0.717) is 17.9 Å². The van der Waals surface area contributed by atoms with Gasteiger partial charge in [-0.25, -0.2) is 0 Å². The van der Waals surface area contributed by atoms with Crippen molar-refractivity contribution in [2.75, 3.05) is 18.5 Å². The fraction of sp³-hybridized carbons (Fsp3) is 0.368. The van der Waals surface area contributed by atoms with Crippen LogP contribution in [0.4, 0.5) is 5.69 Å². The summed E-state index contributed by atoms with van der Waals surface area (Å²) < 4.78 is 5.30. The minimum atomic E-state index is -0.113. The third-order valence-electron chi connectivity index (χ3n) is 5.35. The Morgan fingerprint density at radius 3 is 2.67 bits per heavy atom. The second-order valence-electron chi connectivity index (χ2n) is 6.67. The molecule has 5 heteroatoms. The second-order valence-corrected chi connectivity index (χ2v) is 6.67. The molecule has 0 atom stereocenters. The topological polar surface area (TPSA) is 62.6 Å². The maximum Gasteiger partial charge on any atom is 0.293 e. The molecule has 1 aromatic carbocycles. The lowest BCUT2D eigenvalue weighted by Crippen LogP contribution is -2.35. The van der Waals surface area contributed by atoms with Crippen molar-refractivity contribution in [2.45, 2.75) is 31.1 Å². The maximum absolute atomic E-state index is 12.8. The molecule has 24 heavy (non-hydrogen) atoms. The predicted octanol–water partition coefficient (Wildman–Crippen LogP) is 3.11. The van der Waals surface area contributed by atoms with Crippen molar-refractivity contribution in [3.63, 3.8) is 0 Å². The van der Waals surface area contributed by atoms with Crippen molar-refractivity contribution in [3.05, 3.63) is 53.5 Å². The number of hydrogen-bond acceptors (Lipinski definition) is 3. The van der Waals surface area contributed by atoms with E-state index in [-0.39, 0.29) is 17.2 Å². The van der Waals surface area contributed by atoms with Crippen LogP contribution >= 0.6 is 0 Å². The molecule has 4 rings (SSSR count). The fourth-order valence-electron chi connectivity index (χ4n) is 4.15. The molecule has 2 amide bonds. The molecule has 1 N–H and O–H groups in total. The van der Waals surface area contributed by atoms with Gasteiger partial charge in [0.05, 0.1) is 6.26 Å². The molecule has 1 saturated carbocycles. The normalized spacial score (nSPS) is 18.0. The highest BCUT2D eigenvalue weighted by Crippen LogP contribution is 2.51. The van der Waals surface area contributed by atoms with Gasteiger partial charge in [0, 0.05) is 30.3 Å². The third kappa shape index (κ3) is 2.15. The molecule has 2 heterocycles. The Balaban J connectivity index is 1.79. The zero-order valence-electron chi connectivity index (χ0n) is 13.7. The first-order valence-electron chi connectivity index (χ1n) is 8.37. The van der Waals surface area contributed by atoms with Gasteiger partial charge in [0.2, 0.25) is 0 Å². The van der Waals surface area contributed by atoms with Gasteiger partial charge in [-0.2, -0.15) is 0 Å². The third-order valence-corrected chi connectivity index (χ3v) is 5.35. The first kappa shape index (κ1) is 15.0. The van der Waals surface area contributed by atoms with Crippen molar-refractivity contribution in [1.29, 1.82) is 0 Å². The highest BCUT2D eigenvalue weighted by Gasteiger charge is 2.47. The molecule has 1 fully saturated rings. The van der Waals surface area contributed by atoms with Crippen LogP contribution in [0.5, 0.6) is 0 Å². The number of amides is 2. The Bertz CT molecular complexity index is 789. The van der Waals surface area contributed by atoms with Crippen LogP contribution in [0.3, 0.4) is 0 Å². The second kappa shape index (κ2) is 5.51. The summed E-state index contributed by atoms with van der Waals surface area (Å²) in [6.45, 7) is 0.666. The van der Waals surface area contributed by atoms with Gasteiger partial charge in [-0.3, -0.25) is 9.59 Å². The van der Waals surface area contributed by atoms with Crippen molar-refractivity contribution in [2.24, 2.45) is 0 Å². The number of furan rings is 1. The van der Waals surface area contributed by atoms with Gasteiger partial charge in [-0.15, -0.1) is 0 Å². The Morgan fingerprint density at radius 1 is 1.21 bits per heavy atom. The summed E-state index contributed by atoms with van der Waals surface area (Å²) in [5.74, 6) is 0.144. The van der Waals surface area contributed by atoms with Gasteiger partial charge in [-0.1, -0.05) is 12.8 Å². The molecular weight excluding hydrogens is 304 g/mol. The van der Waals surface area contributed by atoms with E-state index in [1.54, 1.807) is 25.2 Å². The molecular formula is C19H20N2O3. The van der Waals surface area contributed by atoms with Crippen LogP contribution in [0.2, 0.25) is 0 Å². The number of nitrogens with one attached hydrogen (secondary N) is 1. The van der Waals surface area contributed by atoms with E-state index in [9.17, 15) is 9.59 Å². The van der Waals surface area contributed by atoms with Gasteiger partial charge in [0.15, 0.2) is 5.76 Å². The van der Waals surface area contributed by atoms with E-state index >= 15 is 0 Å². The lowest BCUT2D eigenvalue weighted by molar-refractivity contribution is 0.0953. The number of carbonyl (C=O) groups excluding carboxylic acids is 2. The van der Waals surface area contributed by atoms with E-state index in [2.05, 4.69) is 5.32 Å². The summed E-state index contributed by atoms with van der Waals surface area (Å²) in [5.41, 5.74) is 2.66. The summed E-state index contributed by atoms with van der Waals surface area (Å²) >= 11 is 0. The predicted molar refractivity (Wildman–Crippen MR) is 90.4 cm³/mol. The number of anilines is 1. The average molecular weight is 324 g/mol. The van der Waals surface area contributed by atoms with Crippen LogP contribution < -0.4 is 10.2 Å². The van der Waals surface area contributed by atoms with Crippen molar-refractivity contribution >= 4 is 17.5 Å². The van der Waals surface area contributed by atoms with E-state index in [4.69, 9.17) is 4.42 Å². The molecule has 0 bridgehead atoms. The zero-order valence-corrected chi connectivity index (χ0v) is 13.7. The highest BCUT2D eigenvalue weighted by molar-refractivity contribution is 6.06. The van der Waals surface area contributed by atoms with Gasteiger partial charge in [0.25, 0.3) is 11.8 Å².